The van der Waals surface area contributed by atoms with E-state index in [-0.39, 0.29) is 28.3 Å². The van der Waals surface area contributed by atoms with Gasteiger partial charge in [0.1, 0.15) is 11.5 Å². The first-order valence-corrected chi connectivity index (χ1v) is 8.95. The molecule has 3 aromatic carbocycles. The predicted molar refractivity (Wildman–Crippen MR) is 107 cm³/mol. The zero-order chi connectivity index (χ0) is 20.7. The number of nitrogens with zero attached hydrogens (tertiary/aromatic N) is 2. The Balaban J connectivity index is 1.80. The molecule has 1 aliphatic rings. The average molecular weight is 409 g/mol. The van der Waals surface area contributed by atoms with Gasteiger partial charge in [-0.2, -0.15) is 0 Å². The first-order valence-electron chi connectivity index (χ1n) is 8.57. The molecule has 0 spiro atoms. The van der Waals surface area contributed by atoms with E-state index in [0.29, 0.717) is 10.8 Å². The Labute approximate surface area is 170 Å². The van der Waals surface area contributed by atoms with Gasteiger partial charge in [-0.1, -0.05) is 35.9 Å². The fourth-order valence-electron chi connectivity index (χ4n) is 3.15. The number of aryl methyl sites for hydroxylation is 1. The summed E-state index contributed by atoms with van der Waals surface area (Å²) in [6.07, 6.45) is 0. The number of benzene rings is 3. The van der Waals surface area contributed by atoms with Crippen molar-refractivity contribution >= 4 is 34.8 Å². The molecule has 0 N–H and O–H groups in total. The lowest BCUT2D eigenvalue weighted by molar-refractivity contribution is -0.384. The van der Waals surface area contributed by atoms with Crippen molar-refractivity contribution in [1.29, 1.82) is 0 Å². The number of halogens is 1. The molecule has 8 heteroatoms. The van der Waals surface area contributed by atoms with Gasteiger partial charge in [-0.05, 0) is 30.7 Å². The van der Waals surface area contributed by atoms with Crippen LogP contribution in [0.1, 0.15) is 26.3 Å². The van der Waals surface area contributed by atoms with Crippen LogP contribution in [0.25, 0.3) is 0 Å². The van der Waals surface area contributed by atoms with Crippen LogP contribution in [-0.2, 0) is 0 Å². The summed E-state index contributed by atoms with van der Waals surface area (Å²) < 4.78 is 5.79. The lowest BCUT2D eigenvalue weighted by Gasteiger charge is -2.16. The number of para-hydroxylation sites is 1. The highest BCUT2D eigenvalue weighted by Crippen LogP contribution is 2.38. The van der Waals surface area contributed by atoms with E-state index in [1.807, 2.05) is 0 Å². The molecule has 1 aliphatic heterocycles. The average Bonchev–Trinajstić information content (AvgIpc) is 2.95. The molecule has 0 aromatic heterocycles. The molecule has 0 bridgehead atoms. The minimum atomic E-state index is -0.617. The quantitative estimate of drug-likeness (QED) is 0.338. The van der Waals surface area contributed by atoms with Crippen LogP contribution in [0.5, 0.6) is 11.5 Å². The van der Waals surface area contributed by atoms with E-state index in [1.165, 1.54) is 24.3 Å². The molecule has 0 atom stereocenters. The molecule has 0 fully saturated rings. The van der Waals surface area contributed by atoms with E-state index in [0.717, 1.165) is 16.5 Å². The van der Waals surface area contributed by atoms with Crippen molar-refractivity contribution in [3.8, 4) is 11.5 Å². The van der Waals surface area contributed by atoms with Gasteiger partial charge in [-0.15, -0.1) is 0 Å². The van der Waals surface area contributed by atoms with Crippen molar-refractivity contribution in [1.82, 2.24) is 0 Å². The van der Waals surface area contributed by atoms with Crippen molar-refractivity contribution in [2.45, 2.75) is 6.92 Å². The van der Waals surface area contributed by atoms with Gasteiger partial charge in [-0.3, -0.25) is 19.7 Å². The van der Waals surface area contributed by atoms with Crippen molar-refractivity contribution in [3.05, 3.63) is 92.5 Å². The summed E-state index contributed by atoms with van der Waals surface area (Å²) in [6.45, 7) is 1.78. The van der Waals surface area contributed by atoms with E-state index in [2.05, 4.69) is 0 Å². The highest BCUT2D eigenvalue weighted by molar-refractivity contribution is 6.34. The van der Waals surface area contributed by atoms with Gasteiger partial charge in [-0.25, -0.2) is 4.90 Å². The first kappa shape index (κ1) is 18.6. The molecule has 3 aromatic rings. The molecule has 0 radical (unpaired) electrons. The Morgan fingerprint density at radius 2 is 1.62 bits per heavy atom. The van der Waals surface area contributed by atoms with Gasteiger partial charge in [0.05, 0.1) is 32.8 Å². The number of nitro groups is 1. The van der Waals surface area contributed by atoms with Gasteiger partial charge < -0.3 is 4.74 Å². The highest BCUT2D eigenvalue weighted by Gasteiger charge is 2.37. The van der Waals surface area contributed by atoms with Crippen LogP contribution in [0, 0.1) is 17.0 Å². The van der Waals surface area contributed by atoms with Crippen molar-refractivity contribution < 1.29 is 19.2 Å². The first-order chi connectivity index (χ1) is 13.9. The summed E-state index contributed by atoms with van der Waals surface area (Å²) in [7, 11) is 0. The molecule has 29 heavy (non-hydrogen) atoms. The summed E-state index contributed by atoms with van der Waals surface area (Å²) in [6, 6.07) is 15.3. The zero-order valence-corrected chi connectivity index (χ0v) is 15.8. The molecular formula is C21H13ClN2O5. The Bertz CT molecular complexity index is 1140. The van der Waals surface area contributed by atoms with Crippen LogP contribution in [0.4, 0.5) is 11.4 Å². The van der Waals surface area contributed by atoms with Gasteiger partial charge in [0, 0.05) is 12.1 Å². The van der Waals surface area contributed by atoms with E-state index in [1.54, 1.807) is 37.3 Å². The predicted octanol–water partition coefficient (Wildman–Crippen LogP) is 5.15. The SMILES string of the molecule is Cc1cccc(Cl)c1Oc1cc(N2C(=O)c3ccccc3C2=O)cc([N+](=O)[O-])c1. The number of non-ortho nitro benzene ring substituents is 1. The van der Waals surface area contributed by atoms with Gasteiger partial charge >= 0.3 is 0 Å². The molecule has 7 nitrogen and oxygen atoms in total. The standard InChI is InChI=1S/C21H13ClN2O5/c1-12-5-4-8-18(22)19(12)29-15-10-13(9-14(11-15)24(27)28)23-20(25)16-6-2-3-7-17(16)21(23)26/h2-11H,1H3. The van der Waals surface area contributed by atoms with Gasteiger partial charge in [0.25, 0.3) is 17.5 Å². The normalized spacial score (nSPS) is 12.8. The number of carbonyl (C=O) groups is 2. The topological polar surface area (TPSA) is 89.8 Å². The van der Waals surface area contributed by atoms with E-state index in [4.69, 9.17) is 16.3 Å². The number of nitro benzene ring substituents is 1. The number of ether oxygens (including phenoxy) is 1. The third-order valence-corrected chi connectivity index (χ3v) is 4.82. The smallest absolute Gasteiger partial charge is 0.275 e. The third kappa shape index (κ3) is 3.21. The number of fused-ring (bicyclic) bond motifs is 1. The number of hydrogen-bond donors (Lipinski definition) is 0. The summed E-state index contributed by atoms with van der Waals surface area (Å²) in [5.41, 5.74) is 0.942. The Hall–Kier alpha value is -3.71. The third-order valence-electron chi connectivity index (χ3n) is 4.52. The summed E-state index contributed by atoms with van der Waals surface area (Å²) >= 11 is 6.18. The number of anilines is 1. The Morgan fingerprint density at radius 1 is 0.966 bits per heavy atom. The van der Waals surface area contributed by atoms with Gasteiger partial charge in [0.2, 0.25) is 0 Å². The molecule has 0 aliphatic carbocycles. The lowest BCUT2D eigenvalue weighted by atomic mass is 10.1. The molecule has 1 heterocycles. The molecule has 0 unspecified atom stereocenters. The minimum absolute atomic E-state index is 0.0464. The van der Waals surface area contributed by atoms with Crippen LogP contribution in [0.2, 0.25) is 5.02 Å². The Kier molecular flexibility index (Phi) is 4.52. The number of rotatable bonds is 4. The largest absolute Gasteiger partial charge is 0.455 e. The molecule has 0 saturated heterocycles. The lowest BCUT2D eigenvalue weighted by Crippen LogP contribution is -2.29. The second-order valence-electron chi connectivity index (χ2n) is 6.42. The number of imide groups is 1. The van der Waals surface area contributed by atoms with E-state index < -0.39 is 16.7 Å². The molecular weight excluding hydrogens is 396 g/mol. The van der Waals surface area contributed by atoms with Crippen molar-refractivity contribution in [3.63, 3.8) is 0 Å². The molecule has 4 rings (SSSR count). The fourth-order valence-corrected chi connectivity index (χ4v) is 3.41. The van der Waals surface area contributed by atoms with Crippen LogP contribution in [0.15, 0.2) is 60.7 Å². The van der Waals surface area contributed by atoms with Gasteiger partial charge in [0.15, 0.2) is 0 Å². The second kappa shape index (κ2) is 7.03. The Morgan fingerprint density at radius 3 is 2.21 bits per heavy atom. The fraction of sp³-hybridized carbons (Fsp3) is 0.0476. The minimum Gasteiger partial charge on any atom is -0.455 e. The second-order valence-corrected chi connectivity index (χ2v) is 6.83. The summed E-state index contributed by atoms with van der Waals surface area (Å²) in [5.74, 6) is -0.679. The maximum atomic E-state index is 12.7. The van der Waals surface area contributed by atoms with Crippen molar-refractivity contribution in [2.75, 3.05) is 4.90 Å². The van der Waals surface area contributed by atoms with Crippen LogP contribution in [-0.4, -0.2) is 16.7 Å². The molecule has 2 amide bonds. The van der Waals surface area contributed by atoms with E-state index >= 15 is 0 Å². The monoisotopic (exact) mass is 408 g/mol. The summed E-state index contributed by atoms with van der Waals surface area (Å²) in [4.78, 5) is 37.2. The summed E-state index contributed by atoms with van der Waals surface area (Å²) in [5, 5.41) is 11.8. The van der Waals surface area contributed by atoms with Crippen molar-refractivity contribution in [2.24, 2.45) is 0 Å². The zero-order valence-electron chi connectivity index (χ0n) is 15.1. The van der Waals surface area contributed by atoms with Crippen LogP contribution < -0.4 is 9.64 Å². The van der Waals surface area contributed by atoms with Crippen LogP contribution >= 0.6 is 11.6 Å². The maximum absolute atomic E-state index is 12.7. The number of carbonyl (C=O) groups excluding carboxylic acids is 2. The molecule has 144 valence electrons. The maximum Gasteiger partial charge on any atom is 0.275 e. The number of hydrogen-bond acceptors (Lipinski definition) is 5. The highest BCUT2D eigenvalue weighted by atomic mass is 35.5. The number of amides is 2. The van der Waals surface area contributed by atoms with E-state index in [9.17, 15) is 19.7 Å². The van der Waals surface area contributed by atoms with Crippen LogP contribution in [0.3, 0.4) is 0 Å². The molecule has 0 saturated carbocycles.